The van der Waals surface area contributed by atoms with Crippen LogP contribution in [0, 0.1) is 5.82 Å². The zero-order valence-corrected chi connectivity index (χ0v) is 9.69. The van der Waals surface area contributed by atoms with E-state index in [9.17, 15) is 17.6 Å². The fourth-order valence-electron chi connectivity index (χ4n) is 1.47. The van der Waals surface area contributed by atoms with Crippen LogP contribution in [0.1, 0.15) is 17.9 Å². The highest BCUT2D eigenvalue weighted by Gasteiger charge is 2.28. The van der Waals surface area contributed by atoms with Gasteiger partial charge in [0.15, 0.2) is 0 Å². The summed E-state index contributed by atoms with van der Waals surface area (Å²) in [7, 11) is 0. The molecule has 0 aliphatic heterocycles. The van der Waals surface area contributed by atoms with Crippen LogP contribution < -0.4 is 0 Å². The van der Waals surface area contributed by atoms with Gasteiger partial charge in [-0.05, 0) is 18.1 Å². The van der Waals surface area contributed by atoms with Crippen LogP contribution in [-0.4, -0.2) is 23.0 Å². The Hall–Kier alpha value is -0.750. The predicted molar refractivity (Wildman–Crippen MR) is 59.4 cm³/mol. The highest BCUT2D eigenvalue weighted by molar-refractivity contribution is 8.00. The Bertz CT molecular complexity index is 354. The summed E-state index contributed by atoms with van der Waals surface area (Å²) in [5.41, 5.74) is -4.02. The smallest absolute Gasteiger partial charge is 0.396 e. The summed E-state index contributed by atoms with van der Waals surface area (Å²) in [4.78, 5) is 0. The molecule has 1 nitrogen and oxygen atoms in total. The van der Waals surface area contributed by atoms with Crippen LogP contribution >= 0.6 is 11.8 Å². The molecule has 0 aliphatic rings. The van der Waals surface area contributed by atoms with E-state index in [1.807, 2.05) is 0 Å². The molecule has 6 heteroatoms. The van der Waals surface area contributed by atoms with Gasteiger partial charge in [-0.25, -0.2) is 4.39 Å². The lowest BCUT2D eigenvalue weighted by Gasteiger charge is -2.15. The third kappa shape index (κ3) is 4.95. The summed E-state index contributed by atoms with van der Waals surface area (Å²) in [5, 5.41) is 9.08. The first-order valence-corrected chi connectivity index (χ1v) is 5.98. The van der Waals surface area contributed by atoms with Gasteiger partial charge >= 0.3 is 5.51 Å². The fourth-order valence-corrected chi connectivity index (χ4v) is 2.10. The van der Waals surface area contributed by atoms with Crippen molar-refractivity contribution >= 4 is 11.8 Å². The van der Waals surface area contributed by atoms with Crippen LogP contribution in [0.3, 0.4) is 0 Å². The van der Waals surface area contributed by atoms with Crippen LogP contribution in [0.4, 0.5) is 17.6 Å². The number of rotatable bonds is 5. The van der Waals surface area contributed by atoms with Crippen molar-refractivity contribution in [3.05, 3.63) is 35.6 Å². The standard InChI is InChI=1S/C11H12F4OS/c12-10-4-2-1-3-9(10)8(7-16)5-6-17-11(13,14)15/h1-4,8,16H,5-7H2. The third-order valence-corrected chi connectivity index (χ3v) is 3.06. The van der Waals surface area contributed by atoms with E-state index in [4.69, 9.17) is 5.11 Å². The number of thioether (sulfide) groups is 1. The van der Waals surface area contributed by atoms with E-state index in [1.165, 1.54) is 18.2 Å². The molecule has 1 N–H and O–H groups in total. The van der Waals surface area contributed by atoms with Crippen molar-refractivity contribution in [1.29, 1.82) is 0 Å². The Morgan fingerprint density at radius 1 is 1.24 bits per heavy atom. The quantitative estimate of drug-likeness (QED) is 0.824. The second kappa shape index (κ2) is 6.26. The summed E-state index contributed by atoms with van der Waals surface area (Å²) in [6.07, 6.45) is 0.0849. The van der Waals surface area contributed by atoms with E-state index in [0.29, 0.717) is 0 Å². The molecule has 1 atom stereocenters. The predicted octanol–water partition coefficient (Wildman–Crippen LogP) is 3.54. The minimum atomic E-state index is -4.28. The topological polar surface area (TPSA) is 20.2 Å². The number of benzene rings is 1. The Labute approximate surface area is 101 Å². The zero-order valence-electron chi connectivity index (χ0n) is 8.88. The number of halogens is 4. The lowest BCUT2D eigenvalue weighted by atomic mass is 9.97. The monoisotopic (exact) mass is 268 g/mol. The van der Waals surface area contributed by atoms with E-state index in [1.54, 1.807) is 6.07 Å². The van der Waals surface area contributed by atoms with E-state index in [2.05, 4.69) is 0 Å². The van der Waals surface area contributed by atoms with Gasteiger partial charge in [0.2, 0.25) is 0 Å². The summed E-state index contributed by atoms with van der Waals surface area (Å²) < 4.78 is 49.1. The molecule has 1 aromatic carbocycles. The molecular weight excluding hydrogens is 256 g/mol. The second-order valence-electron chi connectivity index (χ2n) is 3.48. The molecule has 0 fully saturated rings. The molecular formula is C11H12F4OS. The highest BCUT2D eigenvalue weighted by Crippen LogP contribution is 2.33. The Morgan fingerprint density at radius 2 is 1.88 bits per heavy atom. The maximum absolute atomic E-state index is 13.3. The van der Waals surface area contributed by atoms with E-state index >= 15 is 0 Å². The molecule has 0 spiro atoms. The molecule has 1 rings (SSSR count). The minimum absolute atomic E-state index is 0.0849. The van der Waals surface area contributed by atoms with Crippen LogP contribution in [0.15, 0.2) is 24.3 Å². The normalized spacial score (nSPS) is 13.7. The van der Waals surface area contributed by atoms with Crippen LogP contribution in [0.5, 0.6) is 0 Å². The summed E-state index contributed by atoms with van der Waals surface area (Å²) in [6, 6.07) is 5.80. The van der Waals surface area contributed by atoms with Gasteiger partial charge < -0.3 is 5.11 Å². The fraction of sp³-hybridized carbons (Fsp3) is 0.455. The van der Waals surface area contributed by atoms with E-state index in [0.717, 1.165) is 0 Å². The highest BCUT2D eigenvalue weighted by atomic mass is 32.2. The van der Waals surface area contributed by atoms with Gasteiger partial charge in [0.25, 0.3) is 0 Å². The molecule has 17 heavy (non-hydrogen) atoms. The number of hydrogen-bond acceptors (Lipinski definition) is 2. The van der Waals surface area contributed by atoms with Crippen molar-refractivity contribution in [2.24, 2.45) is 0 Å². The van der Waals surface area contributed by atoms with Crippen molar-refractivity contribution in [2.45, 2.75) is 17.8 Å². The van der Waals surface area contributed by atoms with Crippen molar-refractivity contribution in [2.75, 3.05) is 12.4 Å². The maximum Gasteiger partial charge on any atom is 0.441 e. The summed E-state index contributed by atoms with van der Waals surface area (Å²) in [6.45, 7) is -0.362. The third-order valence-electron chi connectivity index (χ3n) is 2.30. The largest absolute Gasteiger partial charge is 0.441 e. The number of aliphatic hydroxyl groups is 1. The zero-order chi connectivity index (χ0) is 12.9. The van der Waals surface area contributed by atoms with Gasteiger partial charge in [-0.1, -0.05) is 30.0 Å². The van der Waals surface area contributed by atoms with Crippen molar-refractivity contribution in [3.63, 3.8) is 0 Å². The lowest BCUT2D eigenvalue weighted by Crippen LogP contribution is -2.10. The molecule has 0 saturated carbocycles. The Balaban J connectivity index is 2.58. The van der Waals surface area contributed by atoms with Crippen molar-refractivity contribution in [3.8, 4) is 0 Å². The van der Waals surface area contributed by atoms with Gasteiger partial charge in [0.05, 0.1) is 6.61 Å². The molecule has 0 amide bonds. The first kappa shape index (κ1) is 14.3. The van der Waals surface area contributed by atoms with Crippen LogP contribution in [0.2, 0.25) is 0 Å². The van der Waals surface area contributed by atoms with Crippen molar-refractivity contribution in [1.82, 2.24) is 0 Å². The number of hydrogen-bond donors (Lipinski definition) is 1. The minimum Gasteiger partial charge on any atom is -0.396 e. The van der Waals surface area contributed by atoms with Gasteiger partial charge in [-0.3, -0.25) is 0 Å². The van der Waals surface area contributed by atoms with Crippen LogP contribution in [0.25, 0.3) is 0 Å². The number of aliphatic hydroxyl groups excluding tert-OH is 1. The first-order chi connectivity index (χ1) is 7.94. The van der Waals surface area contributed by atoms with E-state index in [-0.39, 0.29) is 36.1 Å². The van der Waals surface area contributed by atoms with Gasteiger partial charge in [-0.15, -0.1) is 0 Å². The number of alkyl halides is 3. The molecule has 0 radical (unpaired) electrons. The molecule has 1 aromatic rings. The summed E-state index contributed by atoms with van der Waals surface area (Å²) in [5.74, 6) is -1.28. The lowest BCUT2D eigenvalue weighted by molar-refractivity contribution is -0.0328. The van der Waals surface area contributed by atoms with Gasteiger partial charge in [0.1, 0.15) is 5.82 Å². The SMILES string of the molecule is OCC(CCSC(F)(F)F)c1ccccc1F. The Morgan fingerprint density at radius 3 is 2.41 bits per heavy atom. The molecule has 1 unspecified atom stereocenters. The molecule has 0 heterocycles. The molecule has 0 aliphatic carbocycles. The van der Waals surface area contributed by atoms with Crippen molar-refractivity contribution < 1.29 is 22.7 Å². The van der Waals surface area contributed by atoms with E-state index < -0.39 is 17.2 Å². The average Bonchev–Trinajstić information content (AvgIpc) is 2.24. The maximum atomic E-state index is 13.3. The van der Waals surface area contributed by atoms with Gasteiger partial charge in [0, 0.05) is 11.7 Å². The molecule has 96 valence electrons. The van der Waals surface area contributed by atoms with Gasteiger partial charge in [-0.2, -0.15) is 13.2 Å². The summed E-state index contributed by atoms with van der Waals surface area (Å²) >= 11 is -0.156. The first-order valence-electron chi connectivity index (χ1n) is 5.00. The molecule has 0 bridgehead atoms. The molecule has 0 aromatic heterocycles. The Kier molecular flexibility index (Phi) is 5.27. The molecule has 0 saturated heterocycles. The van der Waals surface area contributed by atoms with Crippen LogP contribution in [-0.2, 0) is 0 Å². The second-order valence-corrected chi connectivity index (χ2v) is 4.64. The average molecular weight is 268 g/mol.